The molecular formula is C24H24ClN3O5S. The van der Waals surface area contributed by atoms with E-state index in [-0.39, 0.29) is 6.54 Å². The number of benzene rings is 3. The van der Waals surface area contributed by atoms with Gasteiger partial charge in [-0.1, -0.05) is 23.7 Å². The van der Waals surface area contributed by atoms with Crippen LogP contribution in [0, 0.1) is 0 Å². The predicted molar refractivity (Wildman–Crippen MR) is 134 cm³/mol. The SMILES string of the molecule is COc1ccc(/C=N\NC(=O)c2ccc(N(Cc3ccc(Cl)cc3)S(C)(=O)=O)cc2)cc1OC. The first-order valence-corrected chi connectivity index (χ1v) is 12.3. The lowest BCUT2D eigenvalue weighted by molar-refractivity contribution is 0.0955. The van der Waals surface area contributed by atoms with E-state index in [1.54, 1.807) is 61.7 Å². The van der Waals surface area contributed by atoms with E-state index >= 15 is 0 Å². The lowest BCUT2D eigenvalue weighted by atomic mass is 10.2. The van der Waals surface area contributed by atoms with E-state index in [1.165, 1.54) is 29.8 Å². The van der Waals surface area contributed by atoms with Crippen molar-refractivity contribution in [3.8, 4) is 11.5 Å². The molecule has 0 unspecified atom stereocenters. The number of hydrogen-bond acceptors (Lipinski definition) is 6. The largest absolute Gasteiger partial charge is 0.493 e. The highest BCUT2D eigenvalue weighted by Crippen LogP contribution is 2.27. The number of anilines is 1. The van der Waals surface area contributed by atoms with Gasteiger partial charge in [-0.2, -0.15) is 5.10 Å². The topological polar surface area (TPSA) is 97.3 Å². The molecule has 0 aliphatic heterocycles. The zero-order valence-electron chi connectivity index (χ0n) is 18.9. The number of sulfonamides is 1. The maximum atomic E-state index is 12.4. The average Bonchev–Trinajstić information content (AvgIpc) is 2.83. The van der Waals surface area contributed by atoms with Crippen LogP contribution < -0.4 is 19.2 Å². The summed E-state index contributed by atoms with van der Waals surface area (Å²) in [6, 6.07) is 18.4. The Kier molecular flexibility index (Phi) is 8.14. The minimum Gasteiger partial charge on any atom is -0.493 e. The van der Waals surface area contributed by atoms with Crippen LogP contribution in [0.1, 0.15) is 21.5 Å². The van der Waals surface area contributed by atoms with E-state index in [0.29, 0.717) is 33.3 Å². The Morgan fingerprint density at radius 1 is 1.00 bits per heavy atom. The van der Waals surface area contributed by atoms with E-state index in [0.717, 1.165) is 11.8 Å². The molecule has 0 radical (unpaired) electrons. The molecule has 34 heavy (non-hydrogen) atoms. The van der Waals surface area contributed by atoms with Crippen LogP contribution in [0.25, 0.3) is 0 Å². The summed E-state index contributed by atoms with van der Waals surface area (Å²) in [5.41, 5.74) is 4.70. The zero-order chi connectivity index (χ0) is 24.7. The van der Waals surface area contributed by atoms with Crippen LogP contribution in [0.15, 0.2) is 71.8 Å². The summed E-state index contributed by atoms with van der Waals surface area (Å²) in [6.45, 7) is 0.136. The predicted octanol–water partition coefficient (Wildman–Crippen LogP) is 4.09. The summed E-state index contributed by atoms with van der Waals surface area (Å²) >= 11 is 5.91. The van der Waals surface area contributed by atoms with Gasteiger partial charge in [-0.3, -0.25) is 9.10 Å². The van der Waals surface area contributed by atoms with Gasteiger partial charge < -0.3 is 9.47 Å². The lowest BCUT2D eigenvalue weighted by Crippen LogP contribution is -2.29. The molecule has 3 aromatic rings. The van der Waals surface area contributed by atoms with Gasteiger partial charge in [0.1, 0.15) is 0 Å². The van der Waals surface area contributed by atoms with Crippen molar-refractivity contribution in [2.45, 2.75) is 6.54 Å². The molecule has 10 heteroatoms. The molecule has 0 saturated carbocycles. The quantitative estimate of drug-likeness (QED) is 0.352. The van der Waals surface area contributed by atoms with Gasteiger partial charge in [0.05, 0.1) is 38.9 Å². The maximum absolute atomic E-state index is 12.4. The highest BCUT2D eigenvalue weighted by Gasteiger charge is 2.18. The number of carbonyl (C=O) groups excluding carboxylic acids is 1. The van der Waals surface area contributed by atoms with Crippen molar-refractivity contribution in [1.29, 1.82) is 0 Å². The second-order valence-electron chi connectivity index (χ2n) is 7.26. The van der Waals surface area contributed by atoms with E-state index in [4.69, 9.17) is 21.1 Å². The van der Waals surface area contributed by atoms with Gasteiger partial charge in [0, 0.05) is 10.6 Å². The number of nitrogens with one attached hydrogen (secondary N) is 1. The summed E-state index contributed by atoms with van der Waals surface area (Å²) < 4.78 is 36.4. The van der Waals surface area contributed by atoms with E-state index in [1.807, 2.05) is 0 Å². The fourth-order valence-electron chi connectivity index (χ4n) is 3.10. The highest BCUT2D eigenvalue weighted by molar-refractivity contribution is 7.92. The molecule has 3 aromatic carbocycles. The molecule has 0 bridgehead atoms. The molecule has 3 rings (SSSR count). The summed E-state index contributed by atoms with van der Waals surface area (Å²) in [6.07, 6.45) is 2.61. The van der Waals surface area contributed by atoms with Crippen LogP contribution in [0.3, 0.4) is 0 Å². The summed E-state index contributed by atoms with van der Waals surface area (Å²) in [7, 11) is -0.480. The number of nitrogens with zero attached hydrogens (tertiary/aromatic N) is 2. The number of halogens is 1. The molecule has 0 aromatic heterocycles. The fourth-order valence-corrected chi connectivity index (χ4v) is 4.11. The number of rotatable bonds is 9. The third-order valence-electron chi connectivity index (χ3n) is 4.84. The summed E-state index contributed by atoms with van der Waals surface area (Å²) in [4.78, 5) is 12.4. The third kappa shape index (κ3) is 6.49. The van der Waals surface area contributed by atoms with Crippen LogP contribution in [0.2, 0.25) is 5.02 Å². The first-order chi connectivity index (χ1) is 16.2. The number of carbonyl (C=O) groups is 1. The van der Waals surface area contributed by atoms with Crippen molar-refractivity contribution in [2.24, 2.45) is 5.10 Å². The van der Waals surface area contributed by atoms with Crippen molar-refractivity contribution >= 4 is 39.4 Å². The Hall–Kier alpha value is -3.56. The van der Waals surface area contributed by atoms with Crippen molar-refractivity contribution in [2.75, 3.05) is 24.8 Å². The molecule has 1 N–H and O–H groups in total. The van der Waals surface area contributed by atoms with Crippen LogP contribution >= 0.6 is 11.6 Å². The number of hydrogen-bond donors (Lipinski definition) is 1. The highest BCUT2D eigenvalue weighted by atomic mass is 35.5. The van der Waals surface area contributed by atoms with Crippen molar-refractivity contribution in [3.63, 3.8) is 0 Å². The summed E-state index contributed by atoms with van der Waals surface area (Å²) in [5.74, 6) is 0.692. The van der Waals surface area contributed by atoms with E-state index < -0.39 is 15.9 Å². The normalized spacial score (nSPS) is 11.3. The minimum atomic E-state index is -3.56. The van der Waals surface area contributed by atoms with Gasteiger partial charge in [-0.15, -0.1) is 0 Å². The summed E-state index contributed by atoms with van der Waals surface area (Å²) in [5, 5.41) is 4.54. The van der Waals surface area contributed by atoms with E-state index in [9.17, 15) is 13.2 Å². The van der Waals surface area contributed by atoms with Crippen molar-refractivity contribution in [3.05, 3.63) is 88.4 Å². The van der Waals surface area contributed by atoms with E-state index in [2.05, 4.69) is 10.5 Å². The molecule has 0 saturated heterocycles. The molecule has 0 atom stereocenters. The molecular weight excluding hydrogens is 478 g/mol. The zero-order valence-corrected chi connectivity index (χ0v) is 20.4. The number of methoxy groups -OCH3 is 2. The smallest absolute Gasteiger partial charge is 0.271 e. The Labute approximate surface area is 203 Å². The third-order valence-corrected chi connectivity index (χ3v) is 6.24. The maximum Gasteiger partial charge on any atom is 0.271 e. The number of hydrazone groups is 1. The number of amides is 1. The molecule has 0 spiro atoms. The second-order valence-corrected chi connectivity index (χ2v) is 9.60. The average molecular weight is 502 g/mol. The Morgan fingerprint density at radius 3 is 2.24 bits per heavy atom. The first kappa shape index (κ1) is 25.1. The Bertz CT molecular complexity index is 1280. The first-order valence-electron chi connectivity index (χ1n) is 10.1. The van der Waals surface area contributed by atoms with Gasteiger partial charge in [-0.25, -0.2) is 13.8 Å². The van der Waals surface area contributed by atoms with Crippen LogP contribution in [-0.4, -0.2) is 41.0 Å². The Balaban J connectivity index is 1.70. The monoisotopic (exact) mass is 501 g/mol. The number of ether oxygens (including phenoxy) is 2. The van der Waals surface area contributed by atoms with Crippen molar-refractivity contribution < 1.29 is 22.7 Å². The van der Waals surface area contributed by atoms with Gasteiger partial charge in [0.25, 0.3) is 5.91 Å². The standard InChI is InChI=1S/C24H24ClN3O5S/c1-32-22-13-6-18(14-23(22)33-2)15-26-27-24(29)19-7-11-21(12-8-19)28(34(3,30)31)16-17-4-9-20(25)10-5-17/h4-15H,16H2,1-3H3,(H,27,29)/b26-15-. The molecule has 0 heterocycles. The molecule has 0 aliphatic carbocycles. The molecule has 8 nitrogen and oxygen atoms in total. The molecule has 178 valence electrons. The Morgan fingerprint density at radius 2 is 1.65 bits per heavy atom. The second kappa shape index (κ2) is 11.0. The molecule has 1 amide bonds. The fraction of sp³-hybridized carbons (Fsp3) is 0.167. The molecule has 0 aliphatic rings. The van der Waals surface area contributed by atoms with Gasteiger partial charge >= 0.3 is 0 Å². The van der Waals surface area contributed by atoms with Crippen LogP contribution in [0.4, 0.5) is 5.69 Å². The van der Waals surface area contributed by atoms with Gasteiger partial charge in [0.15, 0.2) is 11.5 Å². The van der Waals surface area contributed by atoms with Crippen LogP contribution in [-0.2, 0) is 16.6 Å². The van der Waals surface area contributed by atoms with Gasteiger partial charge in [-0.05, 0) is 65.7 Å². The van der Waals surface area contributed by atoms with Gasteiger partial charge in [0.2, 0.25) is 10.0 Å². The van der Waals surface area contributed by atoms with Crippen molar-refractivity contribution in [1.82, 2.24) is 5.43 Å². The minimum absolute atomic E-state index is 0.136. The van der Waals surface area contributed by atoms with Crippen LogP contribution in [0.5, 0.6) is 11.5 Å². The molecule has 0 fully saturated rings. The lowest BCUT2D eigenvalue weighted by Gasteiger charge is -2.22.